The van der Waals surface area contributed by atoms with Gasteiger partial charge in [-0.3, -0.25) is 4.79 Å². The topological polar surface area (TPSA) is 61.4 Å². The van der Waals surface area contributed by atoms with E-state index >= 15 is 0 Å². The van der Waals surface area contributed by atoms with E-state index < -0.39 is 5.82 Å². The minimum Gasteiger partial charge on any atom is -0.322 e. The summed E-state index contributed by atoms with van der Waals surface area (Å²) in [5.41, 5.74) is 1.34. The van der Waals surface area contributed by atoms with Crippen LogP contribution in [0.2, 0.25) is 0 Å². The lowest BCUT2D eigenvalue weighted by Crippen LogP contribution is -2.38. The Morgan fingerprint density at radius 1 is 1.07 bits per heavy atom. The molecule has 2 aromatic carbocycles. The van der Waals surface area contributed by atoms with Crippen LogP contribution in [0.5, 0.6) is 0 Å². The van der Waals surface area contributed by atoms with E-state index in [-0.39, 0.29) is 11.9 Å². The molecule has 3 amide bonds. The first-order chi connectivity index (χ1) is 13.4. The van der Waals surface area contributed by atoms with Crippen LogP contribution in [-0.2, 0) is 0 Å². The third-order valence-corrected chi connectivity index (χ3v) is 4.65. The van der Waals surface area contributed by atoms with E-state index in [1.54, 1.807) is 30.3 Å². The minimum absolute atomic E-state index is 0.133. The van der Waals surface area contributed by atoms with E-state index in [1.165, 1.54) is 18.2 Å². The summed E-state index contributed by atoms with van der Waals surface area (Å²) >= 11 is 0. The Morgan fingerprint density at radius 2 is 1.75 bits per heavy atom. The zero-order valence-corrected chi connectivity index (χ0v) is 16.2. The van der Waals surface area contributed by atoms with Gasteiger partial charge in [0.15, 0.2) is 0 Å². The van der Waals surface area contributed by atoms with Gasteiger partial charge in [0.25, 0.3) is 5.91 Å². The first kappa shape index (κ1) is 19.9. The van der Waals surface area contributed by atoms with Crippen LogP contribution in [0.1, 0.15) is 43.5 Å². The lowest BCUT2D eigenvalue weighted by atomic mass is 10.1. The normalized spacial score (nSPS) is 13.3. The van der Waals surface area contributed by atoms with Crippen molar-refractivity contribution in [3.63, 3.8) is 0 Å². The highest BCUT2D eigenvalue weighted by Crippen LogP contribution is 2.28. The quantitative estimate of drug-likeness (QED) is 0.697. The SMILES string of the molecule is CC(C)CCN(C(=O)Nc1cccc(C(=O)Nc2cccc(F)c2)c1)C1CC1. The highest BCUT2D eigenvalue weighted by Gasteiger charge is 2.32. The minimum atomic E-state index is -0.416. The van der Waals surface area contributed by atoms with Crippen molar-refractivity contribution in [1.82, 2.24) is 4.90 Å². The van der Waals surface area contributed by atoms with Crippen LogP contribution < -0.4 is 10.6 Å². The van der Waals surface area contributed by atoms with Crippen molar-refractivity contribution in [2.24, 2.45) is 5.92 Å². The molecule has 1 fully saturated rings. The van der Waals surface area contributed by atoms with Gasteiger partial charge in [0, 0.05) is 29.5 Å². The summed E-state index contributed by atoms with van der Waals surface area (Å²) in [6.07, 6.45) is 3.04. The molecule has 0 saturated heterocycles. The van der Waals surface area contributed by atoms with E-state index in [9.17, 15) is 14.0 Å². The van der Waals surface area contributed by atoms with E-state index in [4.69, 9.17) is 0 Å². The van der Waals surface area contributed by atoms with Gasteiger partial charge < -0.3 is 15.5 Å². The number of hydrogen-bond acceptors (Lipinski definition) is 2. The number of nitrogens with one attached hydrogen (secondary N) is 2. The second-order valence-electron chi connectivity index (χ2n) is 7.58. The molecule has 2 N–H and O–H groups in total. The molecule has 5 nitrogen and oxygen atoms in total. The van der Waals surface area contributed by atoms with Gasteiger partial charge in [0.05, 0.1) is 0 Å². The molecule has 0 bridgehead atoms. The van der Waals surface area contributed by atoms with Crippen molar-refractivity contribution >= 4 is 23.3 Å². The average Bonchev–Trinajstić information content (AvgIpc) is 3.47. The second-order valence-corrected chi connectivity index (χ2v) is 7.58. The monoisotopic (exact) mass is 383 g/mol. The third kappa shape index (κ3) is 5.55. The lowest BCUT2D eigenvalue weighted by Gasteiger charge is -2.24. The van der Waals surface area contributed by atoms with Crippen molar-refractivity contribution in [3.8, 4) is 0 Å². The first-order valence-corrected chi connectivity index (χ1v) is 9.67. The summed E-state index contributed by atoms with van der Waals surface area (Å²) < 4.78 is 13.3. The van der Waals surface area contributed by atoms with Crippen LogP contribution in [0.25, 0.3) is 0 Å². The molecule has 2 aromatic rings. The van der Waals surface area contributed by atoms with Crippen molar-refractivity contribution < 1.29 is 14.0 Å². The van der Waals surface area contributed by atoms with Crippen molar-refractivity contribution in [2.45, 2.75) is 39.2 Å². The summed E-state index contributed by atoms with van der Waals surface area (Å²) in [5, 5.41) is 5.56. The predicted molar refractivity (Wildman–Crippen MR) is 109 cm³/mol. The molecule has 3 rings (SSSR count). The van der Waals surface area contributed by atoms with Gasteiger partial charge in [-0.15, -0.1) is 0 Å². The van der Waals surface area contributed by atoms with Gasteiger partial charge in [-0.1, -0.05) is 26.0 Å². The summed E-state index contributed by atoms with van der Waals surface area (Å²) in [6, 6.07) is 12.7. The van der Waals surface area contributed by atoms with Crippen molar-refractivity contribution in [1.29, 1.82) is 0 Å². The van der Waals surface area contributed by atoms with Gasteiger partial charge in [0.2, 0.25) is 0 Å². The van der Waals surface area contributed by atoms with E-state index in [0.29, 0.717) is 28.9 Å². The number of benzene rings is 2. The fraction of sp³-hybridized carbons (Fsp3) is 0.364. The average molecular weight is 383 g/mol. The van der Waals surface area contributed by atoms with Crippen molar-refractivity contribution in [3.05, 3.63) is 59.9 Å². The van der Waals surface area contributed by atoms with Crippen LogP contribution in [0.4, 0.5) is 20.6 Å². The standard InChI is InChI=1S/C22H26FN3O2/c1-15(2)11-12-26(20-9-10-20)22(28)25-18-7-3-5-16(13-18)21(27)24-19-8-4-6-17(23)14-19/h3-8,13-15,20H,9-12H2,1-2H3,(H,24,27)(H,25,28). The number of halogens is 1. The molecule has 0 radical (unpaired) electrons. The number of hydrogen-bond donors (Lipinski definition) is 2. The van der Waals surface area contributed by atoms with Gasteiger partial charge in [-0.25, -0.2) is 9.18 Å². The number of rotatable bonds is 7. The molecule has 28 heavy (non-hydrogen) atoms. The van der Waals surface area contributed by atoms with Crippen LogP contribution in [-0.4, -0.2) is 29.4 Å². The Labute approximate surface area is 164 Å². The highest BCUT2D eigenvalue weighted by atomic mass is 19.1. The maximum atomic E-state index is 13.3. The highest BCUT2D eigenvalue weighted by molar-refractivity contribution is 6.05. The van der Waals surface area contributed by atoms with Gasteiger partial charge >= 0.3 is 6.03 Å². The Morgan fingerprint density at radius 3 is 2.39 bits per heavy atom. The molecule has 0 heterocycles. The summed E-state index contributed by atoms with van der Waals surface area (Å²) in [5.74, 6) is -0.246. The molecule has 148 valence electrons. The number of carbonyl (C=O) groups is 2. The smallest absolute Gasteiger partial charge is 0.322 e. The third-order valence-electron chi connectivity index (χ3n) is 4.65. The van der Waals surface area contributed by atoms with E-state index in [0.717, 1.165) is 25.8 Å². The Hall–Kier alpha value is -2.89. The van der Waals surface area contributed by atoms with E-state index in [2.05, 4.69) is 24.5 Å². The lowest BCUT2D eigenvalue weighted by molar-refractivity contribution is 0.102. The fourth-order valence-electron chi connectivity index (χ4n) is 2.94. The molecule has 1 saturated carbocycles. The van der Waals surface area contributed by atoms with Crippen LogP contribution in [0.15, 0.2) is 48.5 Å². The van der Waals surface area contributed by atoms with Crippen molar-refractivity contribution in [2.75, 3.05) is 17.2 Å². The van der Waals surface area contributed by atoms with Gasteiger partial charge in [-0.05, 0) is 61.6 Å². The molecule has 0 aliphatic heterocycles. The molecule has 0 aromatic heterocycles. The zero-order valence-electron chi connectivity index (χ0n) is 16.2. The maximum absolute atomic E-state index is 13.3. The number of nitrogens with zero attached hydrogens (tertiary/aromatic N) is 1. The Balaban J connectivity index is 1.65. The fourth-order valence-corrected chi connectivity index (χ4v) is 2.94. The van der Waals surface area contributed by atoms with E-state index in [1.807, 2.05) is 4.90 Å². The largest absolute Gasteiger partial charge is 0.322 e. The van der Waals surface area contributed by atoms with Crippen LogP contribution in [0, 0.1) is 11.7 Å². The number of amides is 3. The number of urea groups is 1. The van der Waals surface area contributed by atoms with Gasteiger partial charge in [0.1, 0.15) is 5.82 Å². The van der Waals surface area contributed by atoms with Crippen LogP contribution in [0.3, 0.4) is 0 Å². The summed E-state index contributed by atoms with van der Waals surface area (Å²) in [4.78, 5) is 27.0. The number of anilines is 2. The molecular weight excluding hydrogens is 357 g/mol. The molecule has 0 atom stereocenters. The Bertz CT molecular complexity index is 849. The molecule has 0 unspecified atom stereocenters. The number of carbonyl (C=O) groups excluding carboxylic acids is 2. The van der Waals surface area contributed by atoms with Crippen LogP contribution >= 0.6 is 0 Å². The zero-order chi connectivity index (χ0) is 20.1. The molecular formula is C22H26FN3O2. The molecule has 6 heteroatoms. The van der Waals surface area contributed by atoms with Gasteiger partial charge in [-0.2, -0.15) is 0 Å². The maximum Gasteiger partial charge on any atom is 0.322 e. The summed E-state index contributed by atoms with van der Waals surface area (Å²) in [7, 11) is 0. The molecule has 0 spiro atoms. The molecule has 1 aliphatic rings. The second kappa shape index (κ2) is 8.87. The first-order valence-electron chi connectivity index (χ1n) is 9.67. The summed E-state index contributed by atoms with van der Waals surface area (Å²) in [6.45, 7) is 5.02. The molecule has 1 aliphatic carbocycles. The Kier molecular flexibility index (Phi) is 6.29. The predicted octanol–water partition coefficient (Wildman–Crippen LogP) is 5.12.